The lowest BCUT2D eigenvalue weighted by Crippen LogP contribution is -2.29. The molecule has 0 spiro atoms. The van der Waals surface area contributed by atoms with Gasteiger partial charge in [0, 0.05) is 39.3 Å². The van der Waals surface area contributed by atoms with Crippen molar-refractivity contribution < 1.29 is 14.7 Å². The van der Waals surface area contributed by atoms with E-state index in [1.54, 1.807) is 36.7 Å². The molecule has 2 aromatic heterocycles. The number of pyridine rings is 1. The molecule has 0 radical (unpaired) electrons. The number of H-pyrrole nitrogens is 1. The van der Waals surface area contributed by atoms with Crippen molar-refractivity contribution in [2.45, 2.75) is 6.92 Å². The van der Waals surface area contributed by atoms with E-state index in [2.05, 4.69) is 40.4 Å². The quantitative estimate of drug-likeness (QED) is 0.216. The van der Waals surface area contributed by atoms with Crippen LogP contribution in [0.4, 0.5) is 0 Å². The number of halogens is 3. The summed E-state index contributed by atoms with van der Waals surface area (Å²) in [5.41, 5.74) is 5.20. The summed E-state index contributed by atoms with van der Waals surface area (Å²) in [6, 6.07) is 18.9. The Morgan fingerprint density at radius 1 is 1.05 bits per heavy atom. The second-order valence-electron chi connectivity index (χ2n) is 8.20. The van der Waals surface area contributed by atoms with Crippen molar-refractivity contribution in [1.82, 2.24) is 15.3 Å². The molecule has 3 N–H and O–H groups in total. The number of nitrogens with one attached hydrogen (secondary N) is 2. The smallest absolute Gasteiger partial charge is 0.322 e. The normalized spacial score (nSPS) is 10.5. The van der Waals surface area contributed by atoms with Gasteiger partial charge < -0.3 is 15.4 Å². The number of carbonyl (C=O) groups excluding carboxylic acids is 1. The number of nitrogens with zero attached hydrogens (tertiary/aromatic N) is 2. The van der Waals surface area contributed by atoms with Crippen molar-refractivity contribution in [3.63, 3.8) is 0 Å². The van der Waals surface area contributed by atoms with Gasteiger partial charge in [-0.15, -0.1) is 0 Å². The average molecular weight is 566 g/mol. The van der Waals surface area contributed by atoms with Crippen molar-refractivity contribution in [1.29, 1.82) is 5.26 Å². The number of hydrogen-bond donors (Lipinski definition) is 3. The lowest BCUT2D eigenvalue weighted by Gasteiger charge is -2.10. The minimum absolute atomic E-state index is 0.0644. The maximum Gasteiger partial charge on any atom is 0.322 e. The lowest BCUT2D eigenvalue weighted by atomic mass is 9.98. The monoisotopic (exact) mass is 564 g/mol. The Hall–Kier alpha value is -4.09. The van der Waals surface area contributed by atoms with Crippen molar-refractivity contribution in [2.75, 3.05) is 6.54 Å². The molecule has 0 saturated heterocycles. The summed E-state index contributed by atoms with van der Waals surface area (Å²) in [4.78, 5) is 29.6. The zero-order chi connectivity index (χ0) is 27.4. The molecule has 3 aromatic carbocycles. The fourth-order valence-electron chi connectivity index (χ4n) is 3.92. The molecule has 7 nitrogen and oxygen atoms in total. The predicted octanol–water partition coefficient (Wildman–Crippen LogP) is 7.02. The Kier molecular flexibility index (Phi) is 8.18. The molecule has 0 atom stereocenters. The number of aromatic amines is 1. The number of amides is 1. The van der Waals surface area contributed by atoms with Crippen LogP contribution in [0.1, 0.15) is 21.5 Å². The maximum absolute atomic E-state index is 11.8. The van der Waals surface area contributed by atoms with E-state index in [1.807, 2.05) is 18.2 Å². The van der Waals surface area contributed by atoms with Gasteiger partial charge in [0.05, 0.1) is 38.3 Å². The third-order valence-electron chi connectivity index (χ3n) is 5.74. The Morgan fingerprint density at radius 3 is 2.53 bits per heavy atom. The van der Waals surface area contributed by atoms with Crippen LogP contribution >= 0.6 is 34.8 Å². The molecule has 0 saturated carbocycles. The molecule has 0 fully saturated rings. The number of fused-ring (bicyclic) bond motifs is 2. The SMILES string of the molecule is Cc1ccc(-c2ccc(C#N)cc2Cl)c2ncccc12.O=C(O)CNC(=O)c1c(Cl)cc2cc[nH]c2c1Cl. The molecular formula is C28H19Cl3N4O3. The first-order valence-electron chi connectivity index (χ1n) is 11.2. The first-order chi connectivity index (χ1) is 18.2. The zero-order valence-electron chi connectivity index (χ0n) is 19.8. The van der Waals surface area contributed by atoms with E-state index in [4.69, 9.17) is 45.2 Å². The van der Waals surface area contributed by atoms with E-state index in [0.29, 0.717) is 16.1 Å². The van der Waals surface area contributed by atoms with Gasteiger partial charge in [-0.3, -0.25) is 14.6 Å². The van der Waals surface area contributed by atoms with E-state index in [-0.39, 0.29) is 15.6 Å². The largest absolute Gasteiger partial charge is 0.480 e. The van der Waals surface area contributed by atoms with Crippen molar-refractivity contribution in [3.8, 4) is 17.2 Å². The fraction of sp³-hybridized carbons (Fsp3) is 0.0714. The number of aliphatic carboxylic acids is 1. The van der Waals surface area contributed by atoms with Crippen LogP contribution in [0, 0.1) is 18.3 Å². The molecular weight excluding hydrogens is 547 g/mol. The third-order valence-corrected chi connectivity index (χ3v) is 6.73. The first-order valence-corrected chi connectivity index (χ1v) is 12.3. The molecule has 190 valence electrons. The number of carboxylic acids is 1. The number of carbonyl (C=O) groups is 2. The van der Waals surface area contributed by atoms with Gasteiger partial charge in [0.25, 0.3) is 5.91 Å². The molecule has 5 aromatic rings. The van der Waals surface area contributed by atoms with E-state index < -0.39 is 18.4 Å². The number of aryl methyl sites for hydroxylation is 1. The van der Waals surface area contributed by atoms with Gasteiger partial charge >= 0.3 is 5.97 Å². The van der Waals surface area contributed by atoms with Gasteiger partial charge in [-0.25, -0.2) is 0 Å². The van der Waals surface area contributed by atoms with Gasteiger partial charge in [0.2, 0.25) is 0 Å². The standard InChI is InChI=1S/C17H11ClN2.C11H8Cl2N2O3/c1-11-4-6-15(17-13(11)3-2-8-20-17)14-7-5-12(10-19)9-16(14)18;12-6-3-5-1-2-14-10(5)9(13)8(6)11(18)15-4-7(16)17/h2-9H,1H3;1-3,14H,4H2,(H,15,18)(H,16,17). The summed E-state index contributed by atoms with van der Waals surface area (Å²) < 4.78 is 0. The third kappa shape index (κ3) is 5.58. The number of hydrogen-bond acceptors (Lipinski definition) is 4. The van der Waals surface area contributed by atoms with E-state index in [9.17, 15) is 9.59 Å². The highest BCUT2D eigenvalue weighted by molar-refractivity contribution is 6.43. The Labute approximate surface area is 232 Å². The van der Waals surface area contributed by atoms with E-state index in [0.717, 1.165) is 27.4 Å². The van der Waals surface area contributed by atoms with Crippen LogP contribution in [-0.4, -0.2) is 33.5 Å². The summed E-state index contributed by atoms with van der Waals surface area (Å²) in [5.74, 6) is -1.76. The molecule has 0 bridgehead atoms. The zero-order valence-corrected chi connectivity index (χ0v) is 22.1. The van der Waals surface area contributed by atoms with Gasteiger partial charge in [-0.2, -0.15) is 5.26 Å². The number of rotatable bonds is 4. The van der Waals surface area contributed by atoms with Crippen LogP contribution in [0.25, 0.3) is 32.9 Å². The van der Waals surface area contributed by atoms with Crippen LogP contribution in [0.15, 0.2) is 67.0 Å². The number of carboxylic acid groups (broad SMARTS) is 1. The molecule has 10 heteroatoms. The fourth-order valence-corrected chi connectivity index (χ4v) is 4.90. The summed E-state index contributed by atoms with van der Waals surface area (Å²) in [7, 11) is 0. The molecule has 0 unspecified atom stereocenters. The van der Waals surface area contributed by atoms with E-state index in [1.165, 1.54) is 5.56 Å². The molecule has 1 amide bonds. The molecule has 0 aliphatic heterocycles. The highest BCUT2D eigenvalue weighted by Gasteiger charge is 2.19. The predicted molar refractivity (Wildman–Crippen MR) is 150 cm³/mol. The molecule has 5 rings (SSSR count). The van der Waals surface area contributed by atoms with Crippen LogP contribution in [0.3, 0.4) is 0 Å². The molecule has 2 heterocycles. The summed E-state index contributed by atoms with van der Waals surface area (Å²) >= 11 is 18.3. The average Bonchev–Trinajstić information content (AvgIpc) is 3.37. The minimum Gasteiger partial charge on any atom is -0.480 e. The Morgan fingerprint density at radius 2 is 1.82 bits per heavy atom. The van der Waals surface area contributed by atoms with Crippen LogP contribution in [0.5, 0.6) is 0 Å². The minimum atomic E-state index is -1.14. The summed E-state index contributed by atoms with van der Waals surface area (Å²) in [5, 5.41) is 22.4. The summed E-state index contributed by atoms with van der Waals surface area (Å²) in [6.45, 7) is 1.57. The number of benzene rings is 3. The highest BCUT2D eigenvalue weighted by Crippen LogP contribution is 2.34. The van der Waals surface area contributed by atoms with Crippen LogP contribution < -0.4 is 5.32 Å². The lowest BCUT2D eigenvalue weighted by molar-refractivity contribution is -0.135. The van der Waals surface area contributed by atoms with Crippen molar-refractivity contribution in [2.24, 2.45) is 0 Å². The van der Waals surface area contributed by atoms with Crippen molar-refractivity contribution in [3.05, 3.63) is 98.7 Å². The first kappa shape index (κ1) is 27.0. The second-order valence-corrected chi connectivity index (χ2v) is 9.39. The van der Waals surface area contributed by atoms with Gasteiger partial charge in [0.1, 0.15) is 6.54 Å². The second kappa shape index (κ2) is 11.5. The Bertz CT molecular complexity index is 1740. The van der Waals surface area contributed by atoms with Gasteiger partial charge in [0.15, 0.2) is 0 Å². The molecule has 38 heavy (non-hydrogen) atoms. The number of aromatic nitrogens is 2. The van der Waals surface area contributed by atoms with Gasteiger partial charge in [-0.1, -0.05) is 59.1 Å². The van der Waals surface area contributed by atoms with Crippen LogP contribution in [0.2, 0.25) is 15.1 Å². The van der Waals surface area contributed by atoms with Crippen LogP contribution in [-0.2, 0) is 4.79 Å². The molecule has 0 aliphatic rings. The topological polar surface area (TPSA) is 119 Å². The Balaban J connectivity index is 0.000000178. The summed E-state index contributed by atoms with van der Waals surface area (Å²) in [6.07, 6.45) is 3.45. The highest BCUT2D eigenvalue weighted by atomic mass is 35.5. The maximum atomic E-state index is 11.8. The van der Waals surface area contributed by atoms with Crippen molar-refractivity contribution >= 4 is 68.5 Å². The molecule has 0 aliphatic carbocycles. The van der Waals surface area contributed by atoms with Gasteiger partial charge in [-0.05, 0) is 42.8 Å². The number of nitriles is 1. The van der Waals surface area contributed by atoms with E-state index >= 15 is 0 Å².